The normalized spacial score (nSPS) is 21.3. The Balaban J connectivity index is 0.00000156. The molecule has 2 fully saturated rings. The zero-order valence-electron chi connectivity index (χ0n) is 14.0. The number of nitrogens with zero attached hydrogens (tertiary/aromatic N) is 1. The SMILES string of the molecule is Cl.Cl.O=C(NCC(c1c(F)cccc1Cl)N1CCCC1)C1CCCN1. The summed E-state index contributed by atoms with van der Waals surface area (Å²) in [4.78, 5) is 14.5. The molecule has 0 bridgehead atoms. The third-order valence-electron chi connectivity index (χ3n) is 4.76. The van der Waals surface area contributed by atoms with E-state index in [1.54, 1.807) is 12.1 Å². The summed E-state index contributed by atoms with van der Waals surface area (Å²) in [5.41, 5.74) is 0.496. The van der Waals surface area contributed by atoms with Crippen molar-refractivity contribution in [1.29, 1.82) is 0 Å². The van der Waals surface area contributed by atoms with E-state index in [-0.39, 0.29) is 48.6 Å². The van der Waals surface area contributed by atoms with Gasteiger partial charge >= 0.3 is 0 Å². The van der Waals surface area contributed by atoms with Gasteiger partial charge in [-0.3, -0.25) is 9.69 Å². The van der Waals surface area contributed by atoms with Gasteiger partial charge in [0.1, 0.15) is 5.82 Å². The lowest BCUT2D eigenvalue weighted by Crippen LogP contribution is -2.44. The number of amides is 1. The number of benzene rings is 1. The van der Waals surface area contributed by atoms with Gasteiger partial charge in [-0.1, -0.05) is 17.7 Å². The van der Waals surface area contributed by atoms with Crippen LogP contribution >= 0.6 is 36.4 Å². The minimum absolute atomic E-state index is 0. The van der Waals surface area contributed by atoms with Gasteiger partial charge in [-0.05, 0) is 57.5 Å². The molecule has 8 heteroatoms. The third kappa shape index (κ3) is 5.44. The average molecular weight is 413 g/mol. The van der Waals surface area contributed by atoms with Gasteiger partial charge in [-0.15, -0.1) is 24.8 Å². The van der Waals surface area contributed by atoms with Crippen molar-refractivity contribution in [3.05, 3.63) is 34.6 Å². The van der Waals surface area contributed by atoms with Crippen LogP contribution in [0.4, 0.5) is 4.39 Å². The van der Waals surface area contributed by atoms with Crippen molar-refractivity contribution in [2.75, 3.05) is 26.2 Å². The minimum Gasteiger partial charge on any atom is -0.353 e. The molecule has 2 unspecified atom stereocenters. The van der Waals surface area contributed by atoms with Gasteiger partial charge in [0.2, 0.25) is 5.91 Å². The molecular formula is C17H25Cl3FN3O. The highest BCUT2D eigenvalue weighted by molar-refractivity contribution is 6.31. The molecule has 0 saturated carbocycles. The van der Waals surface area contributed by atoms with Crippen molar-refractivity contribution in [2.45, 2.75) is 37.8 Å². The number of rotatable bonds is 5. The molecule has 0 aliphatic carbocycles. The number of likely N-dealkylation sites (tertiary alicyclic amines) is 1. The molecule has 1 amide bonds. The van der Waals surface area contributed by atoms with Gasteiger partial charge in [0.25, 0.3) is 0 Å². The standard InChI is InChI=1S/C17H23ClFN3O.2ClH/c18-12-5-3-6-13(19)16(12)15(22-9-1-2-10-22)11-21-17(23)14-7-4-8-20-14;;/h3,5-6,14-15,20H,1-2,4,7-11H2,(H,21,23);2*1H. The quantitative estimate of drug-likeness (QED) is 0.780. The van der Waals surface area contributed by atoms with E-state index in [1.807, 2.05) is 0 Å². The molecule has 3 rings (SSSR count). The fraction of sp³-hybridized carbons (Fsp3) is 0.588. The lowest BCUT2D eigenvalue weighted by Gasteiger charge is -2.29. The van der Waals surface area contributed by atoms with E-state index in [2.05, 4.69) is 15.5 Å². The summed E-state index contributed by atoms with van der Waals surface area (Å²) < 4.78 is 14.3. The molecule has 4 nitrogen and oxygen atoms in total. The van der Waals surface area contributed by atoms with Gasteiger partial charge in [0, 0.05) is 17.1 Å². The van der Waals surface area contributed by atoms with Crippen LogP contribution in [0.3, 0.4) is 0 Å². The zero-order chi connectivity index (χ0) is 16.2. The number of hydrogen-bond donors (Lipinski definition) is 2. The van der Waals surface area contributed by atoms with Crippen molar-refractivity contribution in [3.63, 3.8) is 0 Å². The number of halogens is 4. The van der Waals surface area contributed by atoms with Crippen LogP contribution in [-0.2, 0) is 4.79 Å². The zero-order valence-corrected chi connectivity index (χ0v) is 16.4. The molecule has 0 spiro atoms. The molecular weight excluding hydrogens is 388 g/mol. The first-order valence-corrected chi connectivity index (χ1v) is 8.73. The highest BCUT2D eigenvalue weighted by Gasteiger charge is 2.29. The van der Waals surface area contributed by atoms with Crippen molar-refractivity contribution in [1.82, 2.24) is 15.5 Å². The predicted molar refractivity (Wildman–Crippen MR) is 103 cm³/mol. The average Bonchev–Trinajstić information content (AvgIpc) is 3.22. The Kier molecular flexibility index (Phi) is 9.46. The molecule has 2 saturated heterocycles. The van der Waals surface area contributed by atoms with Gasteiger partial charge in [0.05, 0.1) is 12.1 Å². The second-order valence-corrected chi connectivity index (χ2v) is 6.70. The fourth-order valence-electron chi connectivity index (χ4n) is 3.52. The van der Waals surface area contributed by atoms with E-state index >= 15 is 0 Å². The highest BCUT2D eigenvalue weighted by Crippen LogP contribution is 2.32. The van der Waals surface area contributed by atoms with Gasteiger partial charge in [-0.25, -0.2) is 4.39 Å². The Bertz CT molecular complexity index is 544. The monoisotopic (exact) mass is 411 g/mol. The van der Waals surface area contributed by atoms with Crippen molar-refractivity contribution >= 4 is 42.3 Å². The topological polar surface area (TPSA) is 44.4 Å². The van der Waals surface area contributed by atoms with E-state index < -0.39 is 0 Å². The molecule has 2 heterocycles. The third-order valence-corrected chi connectivity index (χ3v) is 5.09. The van der Waals surface area contributed by atoms with Crippen LogP contribution in [0.1, 0.15) is 37.3 Å². The summed E-state index contributed by atoms with van der Waals surface area (Å²) in [7, 11) is 0. The maximum absolute atomic E-state index is 14.3. The summed E-state index contributed by atoms with van der Waals surface area (Å²) >= 11 is 6.25. The van der Waals surface area contributed by atoms with Crippen LogP contribution in [0, 0.1) is 5.82 Å². The van der Waals surface area contributed by atoms with E-state index in [4.69, 9.17) is 11.6 Å². The fourth-order valence-corrected chi connectivity index (χ4v) is 3.81. The first-order chi connectivity index (χ1) is 11.2. The second kappa shape index (κ2) is 10.5. The highest BCUT2D eigenvalue weighted by atomic mass is 35.5. The lowest BCUT2D eigenvalue weighted by molar-refractivity contribution is -0.123. The van der Waals surface area contributed by atoms with Crippen LogP contribution in [0.15, 0.2) is 18.2 Å². The second-order valence-electron chi connectivity index (χ2n) is 6.29. The largest absolute Gasteiger partial charge is 0.353 e. The first-order valence-electron chi connectivity index (χ1n) is 8.36. The lowest BCUT2D eigenvalue weighted by atomic mass is 10.0. The maximum Gasteiger partial charge on any atom is 0.237 e. The van der Waals surface area contributed by atoms with Gasteiger partial charge in [-0.2, -0.15) is 0 Å². The molecule has 142 valence electrons. The Labute approximate surface area is 165 Å². The Morgan fingerprint density at radius 2 is 2.04 bits per heavy atom. The van der Waals surface area contributed by atoms with Crippen LogP contribution in [0.2, 0.25) is 5.02 Å². The van der Waals surface area contributed by atoms with Crippen LogP contribution < -0.4 is 10.6 Å². The van der Waals surface area contributed by atoms with E-state index in [1.165, 1.54) is 6.07 Å². The molecule has 1 aromatic carbocycles. The Morgan fingerprint density at radius 3 is 2.64 bits per heavy atom. The Hall–Kier alpha value is -0.590. The molecule has 1 aromatic rings. The van der Waals surface area contributed by atoms with E-state index in [0.29, 0.717) is 17.1 Å². The molecule has 0 aromatic heterocycles. The molecule has 2 aliphatic rings. The van der Waals surface area contributed by atoms with Crippen LogP contribution in [0.5, 0.6) is 0 Å². The smallest absolute Gasteiger partial charge is 0.237 e. The number of hydrogen-bond acceptors (Lipinski definition) is 3. The molecule has 0 radical (unpaired) electrons. The molecule has 2 atom stereocenters. The Morgan fingerprint density at radius 1 is 1.32 bits per heavy atom. The summed E-state index contributed by atoms with van der Waals surface area (Å²) in [5.74, 6) is -0.304. The van der Waals surface area contributed by atoms with Crippen LogP contribution in [0.25, 0.3) is 0 Å². The molecule has 2 N–H and O–H groups in total. The van der Waals surface area contributed by atoms with Crippen LogP contribution in [-0.4, -0.2) is 43.0 Å². The van der Waals surface area contributed by atoms with Gasteiger partial charge in [0.15, 0.2) is 0 Å². The van der Waals surface area contributed by atoms with Crippen molar-refractivity contribution in [3.8, 4) is 0 Å². The van der Waals surface area contributed by atoms with E-state index in [9.17, 15) is 9.18 Å². The number of carbonyl (C=O) groups is 1. The summed E-state index contributed by atoms with van der Waals surface area (Å²) in [6.45, 7) is 3.09. The number of carbonyl (C=O) groups excluding carboxylic acids is 1. The summed E-state index contributed by atoms with van der Waals surface area (Å²) in [6, 6.07) is 4.43. The first kappa shape index (κ1) is 22.5. The molecule has 25 heavy (non-hydrogen) atoms. The molecule has 2 aliphatic heterocycles. The van der Waals surface area contributed by atoms with E-state index in [0.717, 1.165) is 45.3 Å². The number of nitrogens with one attached hydrogen (secondary N) is 2. The van der Waals surface area contributed by atoms with Gasteiger partial charge < -0.3 is 10.6 Å². The minimum atomic E-state index is -0.303. The summed E-state index contributed by atoms with van der Waals surface area (Å²) in [5, 5.41) is 6.60. The van der Waals surface area contributed by atoms with Crippen molar-refractivity contribution in [2.24, 2.45) is 0 Å². The van der Waals surface area contributed by atoms with Crippen molar-refractivity contribution < 1.29 is 9.18 Å². The predicted octanol–water partition coefficient (Wildman–Crippen LogP) is 3.33. The maximum atomic E-state index is 14.3. The summed E-state index contributed by atoms with van der Waals surface area (Å²) in [6.07, 6.45) is 4.08.